The lowest BCUT2D eigenvalue weighted by atomic mass is 10.2. The fourth-order valence-electron chi connectivity index (χ4n) is 1.26. The molecule has 0 unspecified atom stereocenters. The molecule has 2 rings (SSSR count). The zero-order valence-electron chi connectivity index (χ0n) is 6.90. The Morgan fingerprint density at radius 3 is 3.00 bits per heavy atom. The molecule has 0 atom stereocenters. The highest BCUT2D eigenvalue weighted by atomic mass is 79.9. The quantitative estimate of drug-likeness (QED) is 0.750. The molecular formula is C10H8BrNO. The lowest BCUT2D eigenvalue weighted by molar-refractivity contribution is 0.403. The maximum Gasteiger partial charge on any atom is 0.143 e. The highest BCUT2D eigenvalue weighted by molar-refractivity contribution is 9.09. The van der Waals surface area contributed by atoms with Gasteiger partial charge in [-0.05, 0) is 40.2 Å². The summed E-state index contributed by atoms with van der Waals surface area (Å²) in [7, 11) is 0. The van der Waals surface area contributed by atoms with Crippen LogP contribution in [0.3, 0.4) is 0 Å². The van der Waals surface area contributed by atoms with Gasteiger partial charge < -0.3 is 4.74 Å². The molecule has 0 saturated carbocycles. The van der Waals surface area contributed by atoms with Crippen molar-refractivity contribution in [3.63, 3.8) is 0 Å². The minimum absolute atomic E-state index is 0.501. The van der Waals surface area contributed by atoms with E-state index in [1.807, 2.05) is 30.3 Å². The molecule has 0 spiro atoms. The number of alkyl halides is 1. The molecule has 0 aliphatic rings. The molecule has 13 heavy (non-hydrogen) atoms. The summed E-state index contributed by atoms with van der Waals surface area (Å²) in [6.07, 6.45) is 1.78. The molecule has 0 bridgehead atoms. The molecule has 0 N–H and O–H groups in total. The molecule has 0 radical (unpaired) electrons. The third kappa shape index (κ3) is 1.65. The predicted octanol–water partition coefficient (Wildman–Crippen LogP) is 2.97. The van der Waals surface area contributed by atoms with Crippen molar-refractivity contribution in [2.75, 3.05) is 5.52 Å². The van der Waals surface area contributed by atoms with Gasteiger partial charge in [0.2, 0.25) is 0 Å². The van der Waals surface area contributed by atoms with Gasteiger partial charge in [0.25, 0.3) is 0 Å². The van der Waals surface area contributed by atoms with Crippen LogP contribution in [0.5, 0.6) is 5.75 Å². The monoisotopic (exact) mass is 237 g/mol. The van der Waals surface area contributed by atoms with Crippen LogP contribution in [0.15, 0.2) is 36.5 Å². The van der Waals surface area contributed by atoms with Gasteiger partial charge in [-0.2, -0.15) is 0 Å². The Bertz CT molecular complexity index is 411. The van der Waals surface area contributed by atoms with E-state index in [9.17, 15) is 0 Å². The number of aromatic nitrogens is 1. The van der Waals surface area contributed by atoms with Gasteiger partial charge in [0.05, 0.1) is 5.52 Å². The number of rotatable bonds is 2. The molecule has 66 valence electrons. The van der Waals surface area contributed by atoms with Gasteiger partial charge in [-0.3, -0.25) is 4.98 Å². The molecule has 0 saturated heterocycles. The largest absolute Gasteiger partial charge is 0.482 e. The molecule has 0 amide bonds. The summed E-state index contributed by atoms with van der Waals surface area (Å²) in [6.45, 7) is 0. The van der Waals surface area contributed by atoms with Gasteiger partial charge in [-0.25, -0.2) is 0 Å². The van der Waals surface area contributed by atoms with E-state index in [2.05, 4.69) is 20.9 Å². The maximum atomic E-state index is 5.40. The Labute approximate surface area is 84.7 Å². The van der Waals surface area contributed by atoms with Crippen LogP contribution in [0.4, 0.5) is 0 Å². The normalized spacial score (nSPS) is 10.2. The van der Waals surface area contributed by atoms with Crippen molar-refractivity contribution in [2.45, 2.75) is 0 Å². The number of halogens is 1. The van der Waals surface area contributed by atoms with Crippen LogP contribution in [-0.2, 0) is 0 Å². The van der Waals surface area contributed by atoms with Crippen molar-refractivity contribution in [3.8, 4) is 5.75 Å². The summed E-state index contributed by atoms with van der Waals surface area (Å²) >= 11 is 3.23. The molecule has 2 aromatic rings. The molecule has 0 aliphatic carbocycles. The average Bonchev–Trinajstić information content (AvgIpc) is 2.19. The Morgan fingerprint density at radius 1 is 1.23 bits per heavy atom. The first-order chi connectivity index (χ1) is 6.42. The van der Waals surface area contributed by atoms with E-state index in [0.717, 1.165) is 16.7 Å². The highest BCUT2D eigenvalue weighted by Crippen LogP contribution is 2.23. The lowest BCUT2D eigenvalue weighted by Gasteiger charge is -2.04. The number of pyridine rings is 1. The Hall–Kier alpha value is -1.09. The van der Waals surface area contributed by atoms with Crippen molar-refractivity contribution in [3.05, 3.63) is 36.5 Å². The zero-order valence-corrected chi connectivity index (χ0v) is 8.49. The van der Waals surface area contributed by atoms with Crippen LogP contribution >= 0.6 is 15.9 Å². The molecule has 1 aromatic carbocycles. The van der Waals surface area contributed by atoms with Crippen LogP contribution < -0.4 is 4.74 Å². The number of nitrogens with zero attached hydrogens (tertiary/aromatic N) is 1. The first-order valence-corrected chi connectivity index (χ1v) is 5.06. The van der Waals surface area contributed by atoms with Gasteiger partial charge in [-0.15, -0.1) is 0 Å². The van der Waals surface area contributed by atoms with E-state index in [-0.39, 0.29) is 0 Å². The van der Waals surface area contributed by atoms with Crippen molar-refractivity contribution in [2.24, 2.45) is 0 Å². The van der Waals surface area contributed by atoms with E-state index >= 15 is 0 Å². The minimum Gasteiger partial charge on any atom is -0.482 e. The average molecular weight is 238 g/mol. The number of benzene rings is 1. The van der Waals surface area contributed by atoms with Gasteiger partial charge in [0.1, 0.15) is 11.3 Å². The maximum absolute atomic E-state index is 5.40. The van der Waals surface area contributed by atoms with Crippen LogP contribution in [0.2, 0.25) is 0 Å². The molecule has 2 nitrogen and oxygen atoms in total. The standard InChI is InChI=1S/C10H8BrNO/c11-7-13-10-5-1-4-9-8(10)3-2-6-12-9/h1-6H,7H2. The highest BCUT2D eigenvalue weighted by Gasteiger charge is 1.99. The minimum atomic E-state index is 0.501. The van der Waals surface area contributed by atoms with Crippen molar-refractivity contribution in [1.29, 1.82) is 0 Å². The van der Waals surface area contributed by atoms with Gasteiger partial charge in [-0.1, -0.05) is 6.07 Å². The van der Waals surface area contributed by atoms with Crippen molar-refractivity contribution >= 4 is 26.8 Å². The second-order valence-electron chi connectivity index (χ2n) is 2.58. The van der Waals surface area contributed by atoms with E-state index < -0.39 is 0 Å². The SMILES string of the molecule is BrCOc1cccc2ncccc12. The number of hydrogen-bond acceptors (Lipinski definition) is 2. The molecule has 1 heterocycles. The second-order valence-corrected chi connectivity index (χ2v) is 3.04. The molecule has 1 aromatic heterocycles. The summed E-state index contributed by atoms with van der Waals surface area (Å²) in [6, 6.07) is 9.75. The Balaban J connectivity index is 2.61. The van der Waals surface area contributed by atoms with E-state index in [1.165, 1.54) is 0 Å². The van der Waals surface area contributed by atoms with Crippen molar-refractivity contribution < 1.29 is 4.74 Å². The number of fused-ring (bicyclic) bond motifs is 1. The lowest BCUT2D eigenvalue weighted by Crippen LogP contribution is -1.89. The first-order valence-electron chi connectivity index (χ1n) is 3.94. The Kier molecular flexibility index (Phi) is 2.45. The fourth-order valence-corrected chi connectivity index (χ4v) is 1.51. The topological polar surface area (TPSA) is 22.1 Å². The van der Waals surface area contributed by atoms with Crippen LogP contribution in [0, 0.1) is 0 Å². The van der Waals surface area contributed by atoms with Crippen molar-refractivity contribution in [1.82, 2.24) is 4.98 Å². The third-order valence-electron chi connectivity index (χ3n) is 1.82. The summed E-state index contributed by atoms with van der Waals surface area (Å²) in [5.41, 5.74) is 1.46. The molecular weight excluding hydrogens is 230 g/mol. The Morgan fingerprint density at radius 2 is 2.15 bits per heavy atom. The summed E-state index contributed by atoms with van der Waals surface area (Å²) < 4.78 is 5.40. The third-order valence-corrected chi connectivity index (χ3v) is 2.04. The van der Waals surface area contributed by atoms with Crippen LogP contribution in [0.1, 0.15) is 0 Å². The number of hydrogen-bond donors (Lipinski definition) is 0. The fraction of sp³-hybridized carbons (Fsp3) is 0.100. The first kappa shape index (κ1) is 8.51. The van der Waals surface area contributed by atoms with E-state index in [4.69, 9.17) is 4.74 Å². The summed E-state index contributed by atoms with van der Waals surface area (Å²) in [4.78, 5) is 4.23. The van der Waals surface area contributed by atoms with Gasteiger partial charge in [0.15, 0.2) is 0 Å². The molecule has 0 aliphatic heterocycles. The zero-order chi connectivity index (χ0) is 9.10. The second kappa shape index (κ2) is 3.75. The van der Waals surface area contributed by atoms with Crippen LogP contribution in [-0.4, -0.2) is 10.5 Å². The number of ether oxygens (including phenoxy) is 1. The molecule has 3 heteroatoms. The summed E-state index contributed by atoms with van der Waals surface area (Å²) in [5.74, 6) is 0.863. The van der Waals surface area contributed by atoms with E-state index in [0.29, 0.717) is 5.52 Å². The predicted molar refractivity (Wildman–Crippen MR) is 56.2 cm³/mol. The van der Waals surface area contributed by atoms with Gasteiger partial charge >= 0.3 is 0 Å². The van der Waals surface area contributed by atoms with Crippen LogP contribution in [0.25, 0.3) is 10.9 Å². The molecule has 0 fully saturated rings. The van der Waals surface area contributed by atoms with E-state index in [1.54, 1.807) is 6.20 Å². The summed E-state index contributed by atoms with van der Waals surface area (Å²) in [5, 5.41) is 1.05. The van der Waals surface area contributed by atoms with Gasteiger partial charge in [0, 0.05) is 11.6 Å². The smallest absolute Gasteiger partial charge is 0.143 e.